The number of methoxy groups -OCH3 is 2. The van der Waals surface area contributed by atoms with Crippen molar-refractivity contribution in [1.29, 1.82) is 0 Å². The number of rotatable bonds is 1. The third-order valence-corrected chi connectivity index (χ3v) is 1.27. The second-order valence-electron chi connectivity index (χ2n) is 1.93. The van der Waals surface area contributed by atoms with Crippen LogP contribution >= 0.6 is 0 Å². The van der Waals surface area contributed by atoms with Crippen LogP contribution < -0.4 is 5.32 Å². The van der Waals surface area contributed by atoms with Gasteiger partial charge in [-0.1, -0.05) is 0 Å². The van der Waals surface area contributed by atoms with E-state index >= 15 is 0 Å². The molecule has 1 N–H and O–H groups in total. The van der Waals surface area contributed by atoms with Crippen molar-refractivity contribution >= 4 is 11.8 Å². The number of hydrogen-bond donors (Lipinski definition) is 1. The molecule has 0 aliphatic carbocycles. The number of ether oxygens (including phenoxy) is 2. The van der Waals surface area contributed by atoms with Gasteiger partial charge in [-0.3, -0.25) is 0 Å². The van der Waals surface area contributed by atoms with E-state index in [0.29, 0.717) is 5.76 Å². The first kappa shape index (κ1) is 8.36. The maximum absolute atomic E-state index is 10.2. The van der Waals surface area contributed by atoms with E-state index in [1.54, 1.807) is 5.94 Å². The van der Waals surface area contributed by atoms with Gasteiger partial charge in [-0.2, -0.15) is 4.99 Å². The van der Waals surface area contributed by atoms with Gasteiger partial charge in [0, 0.05) is 0 Å². The van der Waals surface area contributed by atoms with E-state index in [9.17, 15) is 4.79 Å². The molecule has 1 aliphatic rings. The molecule has 0 saturated carbocycles. The van der Waals surface area contributed by atoms with Crippen LogP contribution in [0.3, 0.4) is 0 Å². The highest BCUT2D eigenvalue weighted by Crippen LogP contribution is 2.06. The molecule has 64 valence electrons. The van der Waals surface area contributed by atoms with Gasteiger partial charge >= 0.3 is 0 Å². The van der Waals surface area contributed by atoms with Gasteiger partial charge in [-0.25, -0.2) is 4.79 Å². The predicted octanol–water partition coefficient (Wildman–Crippen LogP) is -0.205. The van der Waals surface area contributed by atoms with Crippen LogP contribution in [0.2, 0.25) is 0 Å². The molecule has 0 bridgehead atoms. The minimum atomic E-state index is 0.0765. The molecule has 0 fully saturated rings. The van der Waals surface area contributed by atoms with Gasteiger partial charge in [-0.15, -0.1) is 0 Å². The maximum Gasteiger partial charge on any atom is 0.260 e. The topological polar surface area (TPSA) is 59.9 Å². The van der Waals surface area contributed by atoms with Crippen molar-refractivity contribution in [3.05, 3.63) is 17.8 Å². The lowest BCUT2D eigenvalue weighted by molar-refractivity contribution is 0.281. The maximum atomic E-state index is 10.2. The molecule has 0 aromatic heterocycles. The van der Waals surface area contributed by atoms with Crippen molar-refractivity contribution in [2.45, 2.75) is 0 Å². The average molecular weight is 168 g/mol. The van der Waals surface area contributed by atoms with E-state index < -0.39 is 0 Å². The van der Waals surface area contributed by atoms with E-state index in [1.165, 1.54) is 20.4 Å². The standard InChI is InChI=1S/C7H8N2O3/c1-11-5-3-8-6(4-10)9-7(5)12-2/h3,8H,1-2H3. The molecule has 1 heterocycles. The number of hydrogen-bond acceptors (Lipinski definition) is 5. The molecule has 0 amide bonds. The molecular weight excluding hydrogens is 160 g/mol. The van der Waals surface area contributed by atoms with Crippen LogP contribution in [0.25, 0.3) is 0 Å². The molecule has 12 heavy (non-hydrogen) atoms. The first-order valence-electron chi connectivity index (χ1n) is 3.20. The number of nitrogens with one attached hydrogen (secondary N) is 1. The van der Waals surface area contributed by atoms with Crippen molar-refractivity contribution in [2.24, 2.45) is 4.99 Å². The lowest BCUT2D eigenvalue weighted by Crippen LogP contribution is -2.19. The zero-order valence-electron chi connectivity index (χ0n) is 6.75. The first-order chi connectivity index (χ1) is 5.81. The number of carbonyl (C=O) groups excluding carboxylic acids is 1. The summed E-state index contributed by atoms with van der Waals surface area (Å²) in [6.07, 6.45) is 1.48. The Kier molecular flexibility index (Phi) is 2.50. The van der Waals surface area contributed by atoms with Gasteiger partial charge in [0.1, 0.15) is 0 Å². The van der Waals surface area contributed by atoms with Crippen molar-refractivity contribution in [1.82, 2.24) is 5.32 Å². The van der Waals surface area contributed by atoms with Gasteiger partial charge in [0.05, 0.1) is 20.4 Å². The lowest BCUT2D eigenvalue weighted by Gasteiger charge is -2.12. The minimum Gasteiger partial charge on any atom is -0.490 e. The van der Waals surface area contributed by atoms with Crippen molar-refractivity contribution in [2.75, 3.05) is 14.2 Å². The van der Waals surface area contributed by atoms with Crippen molar-refractivity contribution < 1.29 is 14.3 Å². The third-order valence-electron chi connectivity index (χ3n) is 1.27. The van der Waals surface area contributed by atoms with Gasteiger partial charge in [-0.05, 0) is 0 Å². The van der Waals surface area contributed by atoms with E-state index in [1.807, 2.05) is 0 Å². The molecule has 0 atom stereocenters. The Morgan fingerprint density at radius 1 is 1.50 bits per heavy atom. The lowest BCUT2D eigenvalue weighted by atomic mass is 10.4. The average Bonchev–Trinajstić information content (AvgIpc) is 2.16. The summed E-state index contributed by atoms with van der Waals surface area (Å²) < 4.78 is 9.73. The van der Waals surface area contributed by atoms with Gasteiger partial charge < -0.3 is 14.8 Å². The summed E-state index contributed by atoms with van der Waals surface area (Å²) in [6.45, 7) is 0. The minimum absolute atomic E-state index is 0.0765. The Hall–Kier alpha value is -1.74. The van der Waals surface area contributed by atoms with Crippen LogP contribution in [0.1, 0.15) is 0 Å². The Balaban J connectivity index is 2.93. The van der Waals surface area contributed by atoms with Gasteiger partial charge in [0.2, 0.25) is 5.82 Å². The second kappa shape index (κ2) is 3.59. The van der Waals surface area contributed by atoms with Crippen LogP contribution in [0.4, 0.5) is 0 Å². The summed E-state index contributed by atoms with van der Waals surface area (Å²) in [5.74, 6) is 2.38. The summed E-state index contributed by atoms with van der Waals surface area (Å²) in [4.78, 5) is 13.9. The van der Waals surface area contributed by atoms with E-state index in [2.05, 4.69) is 10.3 Å². The molecule has 1 aliphatic heterocycles. The number of nitrogens with zero attached hydrogens (tertiary/aromatic N) is 1. The van der Waals surface area contributed by atoms with Crippen molar-refractivity contribution in [3.8, 4) is 0 Å². The predicted molar refractivity (Wildman–Crippen MR) is 41.9 cm³/mol. The van der Waals surface area contributed by atoms with Crippen LogP contribution in [0.5, 0.6) is 0 Å². The molecule has 0 aromatic rings. The normalized spacial score (nSPS) is 15.3. The Morgan fingerprint density at radius 2 is 2.25 bits per heavy atom. The summed E-state index contributed by atoms with van der Waals surface area (Å²) in [5.41, 5.74) is 0. The molecule has 1 rings (SSSR count). The SMILES string of the molecule is COC1=CNC(=C=O)N=C1OC. The molecule has 5 heteroatoms. The molecule has 5 nitrogen and oxygen atoms in total. The summed E-state index contributed by atoms with van der Waals surface area (Å²) >= 11 is 0. The fourth-order valence-electron chi connectivity index (χ4n) is 0.729. The monoisotopic (exact) mass is 168 g/mol. The molecule has 0 spiro atoms. The smallest absolute Gasteiger partial charge is 0.260 e. The molecule has 0 aromatic carbocycles. The van der Waals surface area contributed by atoms with Gasteiger partial charge in [0.25, 0.3) is 5.90 Å². The van der Waals surface area contributed by atoms with Crippen molar-refractivity contribution in [3.63, 3.8) is 0 Å². The van der Waals surface area contributed by atoms with Crippen LogP contribution in [0.15, 0.2) is 22.8 Å². The summed E-state index contributed by atoms with van der Waals surface area (Å²) in [7, 11) is 2.93. The zero-order chi connectivity index (χ0) is 8.97. The first-order valence-corrected chi connectivity index (χ1v) is 3.20. The Labute approximate surface area is 69.4 Å². The fourth-order valence-corrected chi connectivity index (χ4v) is 0.729. The molecule has 0 saturated heterocycles. The zero-order valence-corrected chi connectivity index (χ0v) is 6.75. The fraction of sp³-hybridized carbons (Fsp3) is 0.286. The molecular formula is C7H8N2O3. The largest absolute Gasteiger partial charge is 0.490 e. The highest BCUT2D eigenvalue weighted by Gasteiger charge is 2.13. The Morgan fingerprint density at radius 3 is 2.75 bits per heavy atom. The van der Waals surface area contributed by atoms with Gasteiger partial charge in [0.15, 0.2) is 11.7 Å². The van der Waals surface area contributed by atoms with Crippen LogP contribution in [0, 0.1) is 0 Å². The Bertz CT molecular complexity index is 287. The highest BCUT2D eigenvalue weighted by molar-refractivity contribution is 5.93. The second-order valence-corrected chi connectivity index (χ2v) is 1.93. The highest BCUT2D eigenvalue weighted by atomic mass is 16.5. The number of aliphatic imine (C=N–C) groups is 1. The summed E-state index contributed by atoms with van der Waals surface area (Å²) in [6, 6.07) is 0. The quantitative estimate of drug-likeness (QED) is 0.550. The van der Waals surface area contributed by atoms with E-state index in [-0.39, 0.29) is 11.7 Å². The van der Waals surface area contributed by atoms with E-state index in [0.717, 1.165) is 0 Å². The molecule has 0 radical (unpaired) electrons. The molecule has 0 unspecified atom stereocenters. The van der Waals surface area contributed by atoms with Crippen LogP contribution in [-0.4, -0.2) is 26.1 Å². The third kappa shape index (κ3) is 1.46. The van der Waals surface area contributed by atoms with E-state index in [4.69, 9.17) is 9.47 Å². The summed E-state index contributed by atoms with van der Waals surface area (Å²) in [5, 5.41) is 2.57. The van der Waals surface area contributed by atoms with Crippen LogP contribution in [-0.2, 0) is 14.3 Å².